The second kappa shape index (κ2) is 8.35. The van der Waals surface area contributed by atoms with Crippen LogP contribution in [0.5, 0.6) is 0 Å². The fraction of sp³-hybridized carbons (Fsp3) is 0.688. The second-order valence-electron chi connectivity index (χ2n) is 5.58. The third-order valence-corrected chi connectivity index (χ3v) is 4.66. The van der Waals surface area contributed by atoms with Crippen LogP contribution < -0.4 is 5.32 Å². The van der Waals surface area contributed by atoms with Crippen molar-refractivity contribution in [2.75, 3.05) is 12.3 Å². The van der Waals surface area contributed by atoms with Crippen LogP contribution in [0.1, 0.15) is 50.1 Å². The first kappa shape index (κ1) is 17.9. The molecule has 0 saturated heterocycles. The summed E-state index contributed by atoms with van der Waals surface area (Å²) in [6, 6.07) is 2.37. The first-order chi connectivity index (χ1) is 9.91. The minimum absolute atomic E-state index is 0.396. The van der Waals surface area contributed by atoms with Gasteiger partial charge in [0, 0.05) is 17.1 Å². The molecule has 0 fully saturated rings. The minimum Gasteiger partial charge on any atom is -0.300 e. The zero-order valence-corrected chi connectivity index (χ0v) is 14.6. The molecule has 5 heteroatoms. The van der Waals surface area contributed by atoms with Crippen LogP contribution in [0.15, 0.2) is 5.16 Å². The normalized spacial score (nSPS) is 13.7. The van der Waals surface area contributed by atoms with E-state index in [4.69, 9.17) is 0 Å². The first-order valence-corrected chi connectivity index (χ1v) is 8.51. The van der Waals surface area contributed by atoms with Crippen LogP contribution in [0.4, 0.5) is 0 Å². The van der Waals surface area contributed by atoms with Gasteiger partial charge in [-0.25, -0.2) is 9.97 Å². The molecule has 1 rings (SSSR count). The standard InChI is InChI=1S/C16H26N4S/c1-6-18-16(5,11-17)9-7-8-10-21-15-19-13(3)12(2)14(4)20-15/h18H,6-10H2,1-5H3. The predicted octanol–water partition coefficient (Wildman–Crippen LogP) is 3.56. The van der Waals surface area contributed by atoms with Gasteiger partial charge < -0.3 is 0 Å². The van der Waals surface area contributed by atoms with E-state index in [9.17, 15) is 5.26 Å². The predicted molar refractivity (Wildman–Crippen MR) is 88.5 cm³/mol. The van der Waals surface area contributed by atoms with Crippen LogP contribution in [-0.2, 0) is 0 Å². The lowest BCUT2D eigenvalue weighted by atomic mass is 9.97. The molecule has 116 valence electrons. The van der Waals surface area contributed by atoms with E-state index in [2.05, 4.69) is 28.3 Å². The molecule has 1 aromatic heterocycles. The Kier molecular flexibility index (Phi) is 7.13. The molecule has 0 bridgehead atoms. The molecule has 1 heterocycles. The lowest BCUT2D eigenvalue weighted by Crippen LogP contribution is -2.40. The van der Waals surface area contributed by atoms with Crippen molar-refractivity contribution in [3.63, 3.8) is 0 Å². The van der Waals surface area contributed by atoms with Crippen molar-refractivity contribution in [3.8, 4) is 6.07 Å². The number of nitrogens with one attached hydrogen (secondary N) is 1. The summed E-state index contributed by atoms with van der Waals surface area (Å²) in [6.45, 7) is 11.0. The summed E-state index contributed by atoms with van der Waals surface area (Å²) in [4.78, 5) is 9.03. The third-order valence-electron chi connectivity index (χ3n) is 3.73. The summed E-state index contributed by atoms with van der Waals surface area (Å²) in [5.74, 6) is 0.996. The van der Waals surface area contributed by atoms with Crippen LogP contribution in [0.3, 0.4) is 0 Å². The largest absolute Gasteiger partial charge is 0.300 e. The van der Waals surface area contributed by atoms with Gasteiger partial charge in [0.1, 0.15) is 5.54 Å². The highest BCUT2D eigenvalue weighted by Gasteiger charge is 2.21. The number of unbranched alkanes of at least 4 members (excludes halogenated alkanes) is 1. The number of aryl methyl sites for hydroxylation is 2. The molecule has 0 amide bonds. The average Bonchev–Trinajstić information content (AvgIpc) is 2.44. The summed E-state index contributed by atoms with van der Waals surface area (Å²) >= 11 is 1.70. The van der Waals surface area contributed by atoms with Gasteiger partial charge in [-0.1, -0.05) is 18.7 Å². The lowest BCUT2D eigenvalue weighted by Gasteiger charge is -2.22. The molecule has 1 unspecified atom stereocenters. The molecule has 0 saturated carbocycles. The zero-order chi connectivity index (χ0) is 15.9. The Morgan fingerprint density at radius 3 is 2.33 bits per heavy atom. The molecular weight excluding hydrogens is 280 g/mol. The number of nitrogens with zero attached hydrogens (tertiary/aromatic N) is 3. The Morgan fingerprint density at radius 2 is 1.81 bits per heavy atom. The molecule has 4 nitrogen and oxygen atoms in total. The molecule has 1 aromatic rings. The Balaban J connectivity index is 2.37. The Bertz CT molecular complexity index is 486. The lowest BCUT2D eigenvalue weighted by molar-refractivity contribution is 0.415. The van der Waals surface area contributed by atoms with Crippen LogP contribution in [0.25, 0.3) is 0 Å². The summed E-state index contributed by atoms with van der Waals surface area (Å²) in [6.07, 6.45) is 2.99. The topological polar surface area (TPSA) is 61.6 Å². The van der Waals surface area contributed by atoms with Crippen LogP contribution in [-0.4, -0.2) is 27.8 Å². The maximum Gasteiger partial charge on any atom is 0.187 e. The Hall–Kier alpha value is -1.12. The molecule has 0 spiro atoms. The quantitative estimate of drug-likeness (QED) is 0.452. The van der Waals surface area contributed by atoms with Crippen molar-refractivity contribution in [2.24, 2.45) is 0 Å². The van der Waals surface area contributed by atoms with Crippen molar-refractivity contribution in [1.82, 2.24) is 15.3 Å². The van der Waals surface area contributed by atoms with Crippen LogP contribution in [0, 0.1) is 32.1 Å². The molecule has 0 aromatic carbocycles. The van der Waals surface area contributed by atoms with Crippen molar-refractivity contribution >= 4 is 11.8 Å². The summed E-state index contributed by atoms with van der Waals surface area (Å²) in [5, 5.41) is 13.3. The molecule has 21 heavy (non-hydrogen) atoms. The number of thioether (sulfide) groups is 1. The van der Waals surface area contributed by atoms with Gasteiger partial charge in [0.05, 0.1) is 6.07 Å². The first-order valence-electron chi connectivity index (χ1n) is 7.53. The molecule has 1 atom stereocenters. The molecular formula is C16H26N4S. The maximum absolute atomic E-state index is 9.20. The second-order valence-corrected chi connectivity index (χ2v) is 6.64. The summed E-state index contributed by atoms with van der Waals surface area (Å²) in [7, 11) is 0. The van der Waals surface area contributed by atoms with E-state index >= 15 is 0 Å². The highest BCUT2D eigenvalue weighted by atomic mass is 32.2. The van der Waals surface area contributed by atoms with E-state index in [0.717, 1.165) is 48.1 Å². The van der Waals surface area contributed by atoms with E-state index in [1.807, 2.05) is 27.7 Å². The van der Waals surface area contributed by atoms with E-state index in [-0.39, 0.29) is 0 Å². The highest BCUT2D eigenvalue weighted by Crippen LogP contribution is 2.20. The van der Waals surface area contributed by atoms with E-state index in [1.54, 1.807) is 11.8 Å². The van der Waals surface area contributed by atoms with Gasteiger partial charge in [0.2, 0.25) is 0 Å². The monoisotopic (exact) mass is 306 g/mol. The molecule has 0 radical (unpaired) electrons. The van der Waals surface area contributed by atoms with Gasteiger partial charge in [-0.15, -0.1) is 0 Å². The number of hydrogen-bond acceptors (Lipinski definition) is 5. The van der Waals surface area contributed by atoms with Crippen LogP contribution in [0.2, 0.25) is 0 Å². The molecule has 0 aliphatic heterocycles. The minimum atomic E-state index is -0.396. The zero-order valence-electron chi connectivity index (χ0n) is 13.8. The Labute approximate surface area is 132 Å². The van der Waals surface area contributed by atoms with Crippen LogP contribution >= 0.6 is 11.8 Å². The maximum atomic E-state index is 9.20. The highest BCUT2D eigenvalue weighted by molar-refractivity contribution is 7.99. The molecule has 0 aliphatic carbocycles. The Morgan fingerprint density at radius 1 is 1.19 bits per heavy atom. The SMILES string of the molecule is CCNC(C)(C#N)CCCCSc1nc(C)c(C)c(C)n1. The van der Waals surface area contributed by atoms with Crippen molar-refractivity contribution < 1.29 is 0 Å². The average molecular weight is 306 g/mol. The smallest absolute Gasteiger partial charge is 0.187 e. The fourth-order valence-corrected chi connectivity index (χ4v) is 3.06. The van der Waals surface area contributed by atoms with Crippen molar-refractivity contribution in [2.45, 2.75) is 64.6 Å². The number of nitriles is 1. The van der Waals surface area contributed by atoms with Crippen molar-refractivity contribution in [1.29, 1.82) is 5.26 Å². The van der Waals surface area contributed by atoms with E-state index in [1.165, 1.54) is 5.56 Å². The number of aromatic nitrogens is 2. The third kappa shape index (κ3) is 5.64. The van der Waals surface area contributed by atoms with Gasteiger partial charge in [0.15, 0.2) is 5.16 Å². The molecule has 1 N–H and O–H groups in total. The number of rotatable bonds is 8. The fourth-order valence-electron chi connectivity index (χ4n) is 2.12. The van der Waals surface area contributed by atoms with E-state index < -0.39 is 5.54 Å². The molecule has 0 aliphatic rings. The van der Waals surface area contributed by atoms with Gasteiger partial charge in [-0.2, -0.15) is 5.26 Å². The van der Waals surface area contributed by atoms with Gasteiger partial charge >= 0.3 is 0 Å². The van der Waals surface area contributed by atoms with E-state index in [0.29, 0.717) is 0 Å². The van der Waals surface area contributed by atoms with Gasteiger partial charge in [-0.3, -0.25) is 5.32 Å². The number of hydrogen-bond donors (Lipinski definition) is 1. The summed E-state index contributed by atoms with van der Waals surface area (Å²) in [5.41, 5.74) is 2.91. The van der Waals surface area contributed by atoms with Gasteiger partial charge in [0.25, 0.3) is 0 Å². The van der Waals surface area contributed by atoms with Crippen molar-refractivity contribution in [3.05, 3.63) is 17.0 Å². The van der Waals surface area contributed by atoms with Gasteiger partial charge in [-0.05, 0) is 59.1 Å². The summed E-state index contributed by atoms with van der Waals surface area (Å²) < 4.78 is 0.